The highest BCUT2D eigenvalue weighted by Crippen LogP contribution is 2.42. The van der Waals surface area contributed by atoms with Crippen molar-refractivity contribution >= 4 is 47.8 Å². The summed E-state index contributed by atoms with van der Waals surface area (Å²) in [5.41, 5.74) is 3.26. The summed E-state index contributed by atoms with van der Waals surface area (Å²) in [6, 6.07) is 4.07. The molecule has 0 amide bonds. The number of allylic oxidation sites excluding steroid dienone is 4. The molecule has 1 aromatic carbocycles. The molecule has 1 nitrogen and oxygen atoms in total. The van der Waals surface area contributed by atoms with Crippen LogP contribution in [0.15, 0.2) is 39.1 Å². The monoisotopic (exact) mass is 337 g/mol. The van der Waals surface area contributed by atoms with E-state index in [1.807, 2.05) is 23.9 Å². The third-order valence-corrected chi connectivity index (χ3v) is 5.13. The molecule has 0 aliphatic heterocycles. The van der Waals surface area contributed by atoms with Crippen LogP contribution in [-0.4, -0.2) is 11.0 Å². The van der Waals surface area contributed by atoms with Crippen LogP contribution in [0.1, 0.15) is 44.7 Å². The number of hydrogen-bond donors (Lipinski definition) is 2. The molecule has 0 bridgehead atoms. The van der Waals surface area contributed by atoms with Gasteiger partial charge in [-0.05, 0) is 30.6 Å². The van der Waals surface area contributed by atoms with E-state index in [9.17, 15) is 0 Å². The summed E-state index contributed by atoms with van der Waals surface area (Å²) in [4.78, 5) is 2.10. The summed E-state index contributed by atoms with van der Waals surface area (Å²) in [5, 5.41) is 8.44. The Morgan fingerprint density at radius 2 is 1.95 bits per heavy atom. The van der Waals surface area contributed by atoms with Crippen molar-refractivity contribution in [2.24, 2.45) is 0 Å². The molecule has 112 valence electrons. The molecular weight excluding hydrogens is 318 g/mol. The molecule has 0 heterocycles. The van der Waals surface area contributed by atoms with Gasteiger partial charge in [0, 0.05) is 36.9 Å². The van der Waals surface area contributed by atoms with Crippen LogP contribution in [0.3, 0.4) is 0 Å². The molecule has 0 atom stereocenters. The lowest BCUT2D eigenvalue weighted by atomic mass is 9.95. The maximum atomic E-state index is 7.54. The molecule has 0 unspecified atom stereocenters. The van der Waals surface area contributed by atoms with Gasteiger partial charge in [0.05, 0.1) is 0 Å². The second-order valence-corrected chi connectivity index (χ2v) is 8.84. The van der Waals surface area contributed by atoms with E-state index in [4.69, 9.17) is 17.0 Å². The first-order chi connectivity index (χ1) is 9.81. The Kier molecular flexibility index (Phi) is 5.29. The van der Waals surface area contributed by atoms with Crippen LogP contribution >= 0.6 is 36.0 Å². The van der Waals surface area contributed by atoms with Crippen LogP contribution in [0, 0.1) is 5.41 Å². The molecule has 1 aromatic rings. The molecule has 1 aliphatic rings. The average molecular weight is 338 g/mol. The number of benzene rings is 1. The van der Waals surface area contributed by atoms with Crippen molar-refractivity contribution in [1.82, 2.24) is 0 Å². The van der Waals surface area contributed by atoms with Gasteiger partial charge in [-0.3, -0.25) is 0 Å². The van der Waals surface area contributed by atoms with Gasteiger partial charge >= 0.3 is 0 Å². The smallest absolute Gasteiger partial charge is 0.0261 e. The quantitative estimate of drug-likeness (QED) is 0.385. The van der Waals surface area contributed by atoms with Crippen molar-refractivity contribution in [2.45, 2.75) is 48.2 Å². The minimum atomic E-state index is 0.129. The summed E-state index contributed by atoms with van der Waals surface area (Å²) < 4.78 is 0.129. The lowest BCUT2D eigenvalue weighted by molar-refractivity contribution is 0.802. The summed E-state index contributed by atoms with van der Waals surface area (Å²) in [5.74, 6) is 0. The van der Waals surface area contributed by atoms with E-state index in [0.29, 0.717) is 0 Å². The second kappa shape index (κ2) is 6.64. The zero-order valence-corrected chi connectivity index (χ0v) is 15.0. The average Bonchev–Trinajstić information content (AvgIpc) is 2.39. The number of nitrogens with one attached hydrogen (secondary N) is 1. The highest BCUT2D eigenvalue weighted by molar-refractivity contribution is 8.00. The molecule has 0 saturated carbocycles. The molecule has 1 N–H and O–H groups in total. The molecule has 0 saturated heterocycles. The van der Waals surface area contributed by atoms with Gasteiger partial charge in [0.2, 0.25) is 0 Å². The van der Waals surface area contributed by atoms with E-state index >= 15 is 0 Å². The highest BCUT2D eigenvalue weighted by atomic mass is 35.5. The fourth-order valence-electron chi connectivity index (χ4n) is 2.25. The Hall–Kier alpha value is -0.640. The summed E-state index contributed by atoms with van der Waals surface area (Å²) in [6.07, 6.45) is 7.21. The number of rotatable bonds is 3. The minimum Gasteiger partial charge on any atom is -0.308 e. The Morgan fingerprint density at radius 3 is 2.48 bits per heavy atom. The highest BCUT2D eigenvalue weighted by Gasteiger charge is 2.20. The minimum absolute atomic E-state index is 0.129. The first-order valence-corrected chi connectivity index (χ1v) is 8.57. The topological polar surface area (TPSA) is 23.9 Å². The lowest BCUT2D eigenvalue weighted by Gasteiger charge is -2.23. The maximum Gasteiger partial charge on any atom is 0.0261 e. The van der Waals surface area contributed by atoms with E-state index in [0.717, 1.165) is 33.9 Å². The summed E-state index contributed by atoms with van der Waals surface area (Å²) >= 11 is 12.6. The fourth-order valence-corrected chi connectivity index (χ4v) is 4.02. The number of thiol groups is 1. The number of hydrogen-bond acceptors (Lipinski definition) is 3. The number of thioether (sulfide) groups is 1. The molecule has 1 aliphatic carbocycles. The molecule has 0 fully saturated rings. The van der Waals surface area contributed by atoms with E-state index in [1.54, 1.807) is 0 Å². The Balaban J connectivity index is 2.57. The normalized spacial score (nSPS) is 15.5. The third-order valence-electron chi connectivity index (χ3n) is 3.16. The van der Waals surface area contributed by atoms with Crippen LogP contribution in [-0.2, 0) is 0 Å². The molecule has 0 aromatic heterocycles. The van der Waals surface area contributed by atoms with Crippen LogP contribution in [0.4, 0.5) is 0 Å². The molecule has 4 heteroatoms. The molecule has 2 rings (SSSR count). The van der Waals surface area contributed by atoms with Gasteiger partial charge in [-0.2, -0.15) is 0 Å². The Labute approximate surface area is 141 Å². The van der Waals surface area contributed by atoms with E-state index in [2.05, 4.69) is 45.5 Å². The largest absolute Gasteiger partial charge is 0.308 e. The van der Waals surface area contributed by atoms with Crippen molar-refractivity contribution in [3.8, 4) is 0 Å². The van der Waals surface area contributed by atoms with E-state index in [-0.39, 0.29) is 4.75 Å². The van der Waals surface area contributed by atoms with Crippen molar-refractivity contribution in [2.75, 3.05) is 0 Å². The molecular formula is C17H20ClNS2. The van der Waals surface area contributed by atoms with Gasteiger partial charge in [-0.15, -0.1) is 24.4 Å². The predicted molar refractivity (Wildman–Crippen MR) is 98.3 cm³/mol. The van der Waals surface area contributed by atoms with E-state index in [1.165, 1.54) is 16.7 Å². The van der Waals surface area contributed by atoms with Crippen LogP contribution < -0.4 is 0 Å². The number of halogens is 1. The van der Waals surface area contributed by atoms with Crippen molar-refractivity contribution < 1.29 is 0 Å². The van der Waals surface area contributed by atoms with Gasteiger partial charge in [0.1, 0.15) is 0 Å². The zero-order chi connectivity index (χ0) is 15.6. The third kappa shape index (κ3) is 4.18. The predicted octanol–water partition coefficient (Wildman–Crippen LogP) is 6.16. The van der Waals surface area contributed by atoms with Crippen molar-refractivity contribution in [3.63, 3.8) is 0 Å². The van der Waals surface area contributed by atoms with Gasteiger partial charge in [0.15, 0.2) is 0 Å². The van der Waals surface area contributed by atoms with Gasteiger partial charge in [-0.25, -0.2) is 0 Å². The van der Waals surface area contributed by atoms with Gasteiger partial charge in [0.25, 0.3) is 0 Å². The zero-order valence-electron chi connectivity index (χ0n) is 12.5. The van der Waals surface area contributed by atoms with E-state index < -0.39 is 0 Å². The van der Waals surface area contributed by atoms with Crippen molar-refractivity contribution in [1.29, 1.82) is 5.41 Å². The fraction of sp³-hybridized carbons (Fsp3) is 0.353. The lowest BCUT2D eigenvalue weighted by Crippen LogP contribution is -2.08. The Bertz CT molecular complexity index is 624. The first-order valence-electron chi connectivity index (χ1n) is 6.93. The summed E-state index contributed by atoms with van der Waals surface area (Å²) in [7, 11) is 0. The van der Waals surface area contributed by atoms with Gasteiger partial charge < -0.3 is 5.41 Å². The molecule has 21 heavy (non-hydrogen) atoms. The van der Waals surface area contributed by atoms with Gasteiger partial charge in [-0.1, -0.05) is 44.5 Å². The SMILES string of the molecule is CC(C)(C)Sc1ccc(C=N)c(S)c1C1=CC=C(Cl)CC1. The standard InChI is InChI=1S/C17H20ClNS2/c1-17(2,3)21-14-9-6-12(10-19)16(20)15(14)11-4-7-13(18)8-5-11/h4,6-7,9-10,19-20H,5,8H2,1-3H3. The summed E-state index contributed by atoms with van der Waals surface area (Å²) in [6.45, 7) is 6.61. The van der Waals surface area contributed by atoms with Crippen LogP contribution in [0.2, 0.25) is 0 Å². The van der Waals surface area contributed by atoms with Crippen LogP contribution in [0.5, 0.6) is 0 Å². The first kappa shape index (κ1) is 16.7. The second-order valence-electron chi connectivity index (χ2n) is 6.04. The molecule has 0 radical (unpaired) electrons. The molecule has 0 spiro atoms. The Morgan fingerprint density at radius 1 is 1.24 bits per heavy atom. The van der Waals surface area contributed by atoms with Crippen LogP contribution in [0.25, 0.3) is 5.57 Å². The maximum absolute atomic E-state index is 7.54. The van der Waals surface area contributed by atoms with Crippen molar-refractivity contribution in [3.05, 3.63) is 40.4 Å².